The summed E-state index contributed by atoms with van der Waals surface area (Å²) in [5.74, 6) is -1.29. The van der Waals surface area contributed by atoms with Crippen molar-refractivity contribution in [2.75, 3.05) is 6.54 Å². The highest BCUT2D eigenvalue weighted by atomic mass is 32.1. The van der Waals surface area contributed by atoms with E-state index in [1.807, 2.05) is 24.4 Å². The molecule has 0 radical (unpaired) electrons. The highest BCUT2D eigenvalue weighted by Crippen LogP contribution is 2.17. The maximum absolute atomic E-state index is 11.5. The van der Waals surface area contributed by atoms with Gasteiger partial charge in [-0.2, -0.15) is 0 Å². The number of rotatable bonds is 6. The van der Waals surface area contributed by atoms with Crippen LogP contribution in [0.3, 0.4) is 0 Å². The van der Waals surface area contributed by atoms with Gasteiger partial charge in [-0.05, 0) is 18.4 Å². The van der Waals surface area contributed by atoms with Crippen molar-refractivity contribution in [1.29, 1.82) is 0 Å². The second kappa shape index (κ2) is 6.97. The Labute approximate surface area is 109 Å². The number of amides is 2. The molecule has 1 unspecified atom stereocenters. The Morgan fingerprint density at radius 1 is 1.50 bits per heavy atom. The summed E-state index contributed by atoms with van der Waals surface area (Å²) < 4.78 is 0. The van der Waals surface area contributed by atoms with Gasteiger partial charge in [0.05, 0.1) is 6.04 Å². The molecule has 0 fully saturated rings. The normalized spacial score (nSPS) is 13.7. The number of nitrogens with one attached hydrogen (secondary N) is 2. The molecule has 18 heavy (non-hydrogen) atoms. The number of thiophene rings is 1. The van der Waals surface area contributed by atoms with Crippen LogP contribution in [0.2, 0.25) is 0 Å². The Hall–Kier alpha value is -1.60. The minimum atomic E-state index is -1.44. The number of carbonyl (C=O) groups excluding carboxylic acids is 1. The third-order valence-corrected chi connectivity index (χ3v) is 3.36. The summed E-state index contributed by atoms with van der Waals surface area (Å²) in [5.41, 5.74) is 0. The van der Waals surface area contributed by atoms with Gasteiger partial charge in [-0.1, -0.05) is 6.07 Å². The first-order chi connectivity index (χ1) is 8.50. The molecule has 100 valence electrons. The molecule has 6 nitrogen and oxygen atoms in total. The minimum Gasteiger partial charge on any atom is -0.479 e. The molecule has 7 heteroatoms. The average Bonchev–Trinajstić information content (AvgIpc) is 2.81. The van der Waals surface area contributed by atoms with Crippen LogP contribution in [-0.2, 0) is 4.79 Å². The van der Waals surface area contributed by atoms with Crippen molar-refractivity contribution in [3.63, 3.8) is 0 Å². The predicted octanol–water partition coefficient (Wildman–Crippen LogP) is 0.944. The average molecular weight is 272 g/mol. The number of aliphatic carboxylic acids is 1. The van der Waals surface area contributed by atoms with Gasteiger partial charge >= 0.3 is 12.0 Å². The lowest BCUT2D eigenvalue weighted by Crippen LogP contribution is -2.38. The second-order valence-corrected chi connectivity index (χ2v) is 4.76. The van der Waals surface area contributed by atoms with E-state index in [2.05, 4.69) is 10.6 Å². The number of urea groups is 1. The van der Waals surface area contributed by atoms with Gasteiger partial charge in [0.1, 0.15) is 0 Å². The number of aliphatic hydroxyl groups excluding tert-OH is 1. The largest absolute Gasteiger partial charge is 0.479 e. The monoisotopic (exact) mass is 272 g/mol. The zero-order valence-electron chi connectivity index (χ0n) is 9.92. The highest BCUT2D eigenvalue weighted by molar-refractivity contribution is 7.10. The molecular formula is C11H16N2O4S. The van der Waals surface area contributed by atoms with Crippen LogP contribution in [0.25, 0.3) is 0 Å². The van der Waals surface area contributed by atoms with Crippen molar-refractivity contribution in [1.82, 2.24) is 10.6 Å². The van der Waals surface area contributed by atoms with E-state index >= 15 is 0 Å². The smallest absolute Gasteiger partial charge is 0.332 e. The van der Waals surface area contributed by atoms with Crippen molar-refractivity contribution in [3.8, 4) is 0 Å². The van der Waals surface area contributed by atoms with Crippen LogP contribution in [0.5, 0.6) is 0 Å². The molecule has 0 aliphatic rings. The number of carbonyl (C=O) groups is 2. The summed E-state index contributed by atoms with van der Waals surface area (Å²) >= 11 is 1.55. The molecule has 0 saturated heterocycles. The lowest BCUT2D eigenvalue weighted by molar-refractivity contribution is -0.146. The van der Waals surface area contributed by atoms with Gasteiger partial charge in [0.15, 0.2) is 6.10 Å². The molecule has 1 aromatic heterocycles. The molecule has 1 rings (SSSR count). The molecule has 0 aromatic carbocycles. The summed E-state index contributed by atoms with van der Waals surface area (Å²) in [6.07, 6.45) is -1.46. The summed E-state index contributed by atoms with van der Waals surface area (Å²) in [6.45, 7) is 1.97. The van der Waals surface area contributed by atoms with Gasteiger partial charge in [0, 0.05) is 17.8 Å². The molecule has 1 heterocycles. The third kappa shape index (κ3) is 4.72. The summed E-state index contributed by atoms with van der Waals surface area (Å²) in [7, 11) is 0. The van der Waals surface area contributed by atoms with Crippen LogP contribution >= 0.6 is 11.3 Å². The van der Waals surface area contributed by atoms with Crippen molar-refractivity contribution in [2.24, 2.45) is 0 Å². The van der Waals surface area contributed by atoms with Crippen molar-refractivity contribution in [3.05, 3.63) is 22.4 Å². The third-order valence-electron chi connectivity index (χ3n) is 2.31. The summed E-state index contributed by atoms with van der Waals surface area (Å²) in [5, 5.41) is 24.6. The zero-order valence-corrected chi connectivity index (χ0v) is 10.7. The van der Waals surface area contributed by atoms with E-state index in [0.29, 0.717) is 0 Å². The predicted molar refractivity (Wildman–Crippen MR) is 67.5 cm³/mol. The molecule has 4 N–H and O–H groups in total. The zero-order chi connectivity index (χ0) is 13.5. The molecule has 2 atom stereocenters. The first kappa shape index (κ1) is 14.5. The quantitative estimate of drug-likeness (QED) is 0.619. The van der Waals surface area contributed by atoms with E-state index in [9.17, 15) is 9.59 Å². The van der Waals surface area contributed by atoms with E-state index in [1.165, 1.54) is 0 Å². The van der Waals surface area contributed by atoms with Crippen LogP contribution in [-0.4, -0.2) is 34.9 Å². The maximum Gasteiger partial charge on any atom is 0.332 e. The van der Waals surface area contributed by atoms with Gasteiger partial charge in [-0.25, -0.2) is 9.59 Å². The standard InChI is InChI=1S/C11H16N2O4S/c1-7(9-3-2-6-18-9)13-11(17)12-5-4-8(14)10(15)16/h2-3,6-8,14H,4-5H2,1H3,(H,15,16)(H2,12,13,17)/t7?,8-/m0/s1. The Morgan fingerprint density at radius 2 is 2.22 bits per heavy atom. The van der Waals surface area contributed by atoms with Crippen LogP contribution in [0.1, 0.15) is 24.3 Å². The van der Waals surface area contributed by atoms with E-state index in [-0.39, 0.29) is 25.0 Å². The Balaban J connectivity index is 2.24. The lowest BCUT2D eigenvalue weighted by atomic mass is 10.2. The minimum absolute atomic E-state index is 0.0177. The summed E-state index contributed by atoms with van der Waals surface area (Å²) in [6, 6.07) is 3.34. The lowest BCUT2D eigenvalue weighted by Gasteiger charge is -2.13. The topological polar surface area (TPSA) is 98.7 Å². The first-order valence-electron chi connectivity index (χ1n) is 5.49. The Bertz CT molecular complexity index is 394. The SMILES string of the molecule is CC(NC(=O)NCC[C@H](O)C(=O)O)c1cccs1. The van der Waals surface area contributed by atoms with Gasteiger partial charge in [-0.3, -0.25) is 0 Å². The van der Waals surface area contributed by atoms with E-state index in [4.69, 9.17) is 10.2 Å². The molecule has 1 aromatic rings. The van der Waals surface area contributed by atoms with Gasteiger partial charge in [0.2, 0.25) is 0 Å². The molecule has 0 spiro atoms. The molecule has 0 bridgehead atoms. The van der Waals surface area contributed by atoms with Crippen LogP contribution in [0.15, 0.2) is 17.5 Å². The summed E-state index contributed by atoms with van der Waals surface area (Å²) in [4.78, 5) is 22.8. The highest BCUT2D eigenvalue weighted by Gasteiger charge is 2.14. The van der Waals surface area contributed by atoms with Crippen molar-refractivity contribution >= 4 is 23.3 Å². The number of aliphatic hydroxyl groups is 1. The fourth-order valence-electron chi connectivity index (χ4n) is 1.30. The van der Waals surface area contributed by atoms with Crippen molar-refractivity contribution < 1.29 is 19.8 Å². The van der Waals surface area contributed by atoms with Crippen molar-refractivity contribution in [2.45, 2.75) is 25.5 Å². The number of carboxylic acid groups (broad SMARTS) is 1. The van der Waals surface area contributed by atoms with Gasteiger partial charge in [-0.15, -0.1) is 11.3 Å². The number of hydrogen-bond acceptors (Lipinski definition) is 4. The van der Waals surface area contributed by atoms with E-state index in [0.717, 1.165) is 4.88 Å². The Kier molecular flexibility index (Phi) is 5.60. The Morgan fingerprint density at radius 3 is 2.78 bits per heavy atom. The molecule has 0 saturated carbocycles. The van der Waals surface area contributed by atoms with E-state index in [1.54, 1.807) is 11.3 Å². The number of carboxylic acids is 1. The molecule has 2 amide bonds. The maximum atomic E-state index is 11.5. The number of hydrogen-bond donors (Lipinski definition) is 4. The van der Waals surface area contributed by atoms with Crippen LogP contribution < -0.4 is 10.6 Å². The van der Waals surface area contributed by atoms with Gasteiger partial charge < -0.3 is 20.8 Å². The van der Waals surface area contributed by atoms with Crippen LogP contribution in [0, 0.1) is 0 Å². The second-order valence-electron chi connectivity index (χ2n) is 3.78. The first-order valence-corrected chi connectivity index (χ1v) is 6.37. The fraction of sp³-hybridized carbons (Fsp3) is 0.455. The fourth-order valence-corrected chi connectivity index (χ4v) is 2.04. The molecular weight excluding hydrogens is 256 g/mol. The van der Waals surface area contributed by atoms with Gasteiger partial charge in [0.25, 0.3) is 0 Å². The molecule has 0 aliphatic heterocycles. The van der Waals surface area contributed by atoms with Crippen LogP contribution in [0.4, 0.5) is 4.79 Å². The van der Waals surface area contributed by atoms with E-state index < -0.39 is 12.1 Å². The molecule has 0 aliphatic carbocycles.